The van der Waals surface area contributed by atoms with Crippen molar-refractivity contribution in [3.8, 4) is 0 Å². The largest absolute Gasteiger partial charge is 0.329 e. The van der Waals surface area contributed by atoms with Crippen molar-refractivity contribution in [3.05, 3.63) is 0 Å². The number of nitrogens with two attached hydrogens (primary N) is 1. The number of hydrogen-bond acceptors (Lipinski definition) is 4. The first-order valence-electron chi connectivity index (χ1n) is 7.59. The molecule has 2 aliphatic heterocycles. The Hall–Kier alpha value is -0.160. The molecule has 0 radical (unpaired) electrons. The van der Waals surface area contributed by atoms with E-state index in [0.29, 0.717) is 6.04 Å². The zero-order chi connectivity index (χ0) is 12.7. The van der Waals surface area contributed by atoms with Gasteiger partial charge in [-0.05, 0) is 33.2 Å². The van der Waals surface area contributed by atoms with Crippen LogP contribution in [0.3, 0.4) is 0 Å². The van der Waals surface area contributed by atoms with E-state index in [1.807, 2.05) is 0 Å². The van der Waals surface area contributed by atoms with Crippen LogP contribution >= 0.6 is 0 Å². The van der Waals surface area contributed by atoms with Crippen LogP contribution in [-0.2, 0) is 0 Å². The Labute approximate surface area is 111 Å². The van der Waals surface area contributed by atoms with Crippen molar-refractivity contribution < 1.29 is 0 Å². The van der Waals surface area contributed by atoms with Gasteiger partial charge in [-0.3, -0.25) is 9.80 Å². The van der Waals surface area contributed by atoms with Crippen molar-refractivity contribution in [1.29, 1.82) is 0 Å². The average Bonchev–Trinajstić information content (AvgIpc) is 3.13. The summed E-state index contributed by atoms with van der Waals surface area (Å²) in [6.45, 7) is 8.04. The highest BCUT2D eigenvalue weighted by Crippen LogP contribution is 2.35. The number of likely N-dealkylation sites (tertiary alicyclic amines) is 1. The van der Waals surface area contributed by atoms with Crippen LogP contribution < -0.4 is 5.73 Å². The van der Waals surface area contributed by atoms with Crippen LogP contribution in [-0.4, -0.2) is 78.6 Å². The summed E-state index contributed by atoms with van der Waals surface area (Å²) in [4.78, 5) is 7.88. The molecule has 3 rings (SSSR count). The van der Waals surface area contributed by atoms with Crippen LogP contribution in [0.15, 0.2) is 0 Å². The first-order valence-corrected chi connectivity index (χ1v) is 7.59. The molecule has 0 amide bonds. The second kappa shape index (κ2) is 5.08. The fourth-order valence-corrected chi connectivity index (χ4v) is 3.90. The molecular formula is C14H28N4. The van der Waals surface area contributed by atoms with E-state index in [1.54, 1.807) is 0 Å². The minimum absolute atomic E-state index is 0.570. The summed E-state index contributed by atoms with van der Waals surface area (Å²) in [6, 6.07) is 3.01. The van der Waals surface area contributed by atoms with Gasteiger partial charge in [0.2, 0.25) is 0 Å². The van der Waals surface area contributed by atoms with E-state index in [2.05, 4.69) is 28.7 Å². The molecule has 4 heteroatoms. The lowest BCUT2D eigenvalue weighted by Crippen LogP contribution is -2.58. The second-order valence-electron chi connectivity index (χ2n) is 6.56. The molecule has 2 N–H and O–H groups in total. The molecule has 3 fully saturated rings. The Kier molecular flexibility index (Phi) is 3.63. The molecule has 3 aliphatic rings. The van der Waals surface area contributed by atoms with Crippen LogP contribution in [0.5, 0.6) is 0 Å². The number of hydrogen-bond donors (Lipinski definition) is 1. The number of piperazine rings is 1. The highest BCUT2D eigenvalue weighted by molar-refractivity contribution is 4.99. The Morgan fingerprint density at radius 1 is 1.06 bits per heavy atom. The van der Waals surface area contributed by atoms with Crippen LogP contribution in [0.4, 0.5) is 0 Å². The van der Waals surface area contributed by atoms with E-state index in [1.165, 1.54) is 38.9 Å². The molecule has 0 aromatic rings. The molecular weight excluding hydrogens is 224 g/mol. The first kappa shape index (κ1) is 12.9. The molecule has 3 atom stereocenters. The summed E-state index contributed by atoms with van der Waals surface area (Å²) < 4.78 is 0. The van der Waals surface area contributed by atoms with E-state index >= 15 is 0 Å². The smallest absolute Gasteiger partial charge is 0.0349 e. The third-order valence-corrected chi connectivity index (χ3v) is 5.09. The maximum Gasteiger partial charge on any atom is 0.0349 e. The number of likely N-dealkylation sites (N-methyl/N-ethyl adjacent to an activating group) is 1. The Bertz CT molecular complexity index is 292. The van der Waals surface area contributed by atoms with Gasteiger partial charge in [-0.1, -0.05) is 0 Å². The Morgan fingerprint density at radius 2 is 1.83 bits per heavy atom. The molecule has 2 heterocycles. The predicted molar refractivity (Wildman–Crippen MR) is 74.6 cm³/mol. The lowest BCUT2D eigenvalue weighted by atomic mass is 10.1. The number of rotatable bonds is 3. The van der Waals surface area contributed by atoms with Crippen LogP contribution in [0.1, 0.15) is 26.2 Å². The van der Waals surface area contributed by atoms with Crippen molar-refractivity contribution >= 4 is 0 Å². The normalized spacial score (nSPS) is 40.5. The van der Waals surface area contributed by atoms with Crippen LogP contribution in [0.2, 0.25) is 0 Å². The van der Waals surface area contributed by atoms with Crippen molar-refractivity contribution in [2.75, 3.05) is 39.8 Å². The number of nitrogens with zero attached hydrogens (tertiary/aromatic N) is 3. The predicted octanol–water partition coefficient (Wildman–Crippen LogP) is 0.186. The van der Waals surface area contributed by atoms with Gasteiger partial charge in [0, 0.05) is 56.9 Å². The average molecular weight is 252 g/mol. The van der Waals surface area contributed by atoms with Crippen molar-refractivity contribution in [2.24, 2.45) is 5.73 Å². The van der Waals surface area contributed by atoms with Gasteiger partial charge in [-0.25, -0.2) is 0 Å². The highest BCUT2D eigenvalue weighted by atomic mass is 15.3. The van der Waals surface area contributed by atoms with Gasteiger partial charge in [-0.2, -0.15) is 0 Å². The molecule has 2 saturated heterocycles. The second-order valence-corrected chi connectivity index (χ2v) is 6.56. The standard InChI is InChI=1S/C14H28N4/c1-11-7-13(10-18(11)12-3-4-12)17-6-5-16(2)9-14(17)8-15/h11-14H,3-10,15H2,1-2H3. The van der Waals surface area contributed by atoms with E-state index < -0.39 is 0 Å². The van der Waals surface area contributed by atoms with Gasteiger partial charge >= 0.3 is 0 Å². The van der Waals surface area contributed by atoms with E-state index in [0.717, 1.165) is 31.2 Å². The topological polar surface area (TPSA) is 35.7 Å². The molecule has 18 heavy (non-hydrogen) atoms. The maximum absolute atomic E-state index is 5.98. The minimum atomic E-state index is 0.570. The Morgan fingerprint density at radius 3 is 2.50 bits per heavy atom. The molecule has 0 aromatic heterocycles. The first-order chi connectivity index (χ1) is 8.69. The van der Waals surface area contributed by atoms with Gasteiger partial charge in [0.1, 0.15) is 0 Å². The van der Waals surface area contributed by atoms with Crippen molar-refractivity contribution in [2.45, 2.75) is 50.4 Å². The molecule has 3 unspecified atom stereocenters. The van der Waals surface area contributed by atoms with E-state index in [9.17, 15) is 0 Å². The van der Waals surface area contributed by atoms with E-state index in [-0.39, 0.29) is 0 Å². The van der Waals surface area contributed by atoms with Crippen LogP contribution in [0.25, 0.3) is 0 Å². The quantitative estimate of drug-likeness (QED) is 0.778. The van der Waals surface area contributed by atoms with E-state index in [4.69, 9.17) is 5.73 Å². The monoisotopic (exact) mass is 252 g/mol. The van der Waals surface area contributed by atoms with Crippen molar-refractivity contribution in [3.63, 3.8) is 0 Å². The summed E-state index contributed by atoms with van der Waals surface area (Å²) >= 11 is 0. The molecule has 104 valence electrons. The van der Waals surface area contributed by atoms with Gasteiger partial charge in [0.05, 0.1) is 0 Å². The third-order valence-electron chi connectivity index (χ3n) is 5.09. The third kappa shape index (κ3) is 2.44. The summed E-state index contributed by atoms with van der Waals surface area (Å²) in [5, 5.41) is 0. The fourth-order valence-electron chi connectivity index (χ4n) is 3.90. The zero-order valence-electron chi connectivity index (χ0n) is 11.9. The lowest BCUT2D eigenvalue weighted by molar-refractivity contribution is 0.0583. The van der Waals surface area contributed by atoms with Gasteiger partial charge in [0.25, 0.3) is 0 Å². The highest BCUT2D eigenvalue weighted by Gasteiger charge is 2.42. The summed E-state index contributed by atoms with van der Waals surface area (Å²) in [5.74, 6) is 0. The summed E-state index contributed by atoms with van der Waals surface area (Å²) in [6.07, 6.45) is 4.21. The maximum atomic E-state index is 5.98. The molecule has 4 nitrogen and oxygen atoms in total. The molecule has 0 bridgehead atoms. The van der Waals surface area contributed by atoms with Crippen LogP contribution in [0, 0.1) is 0 Å². The molecule has 1 aliphatic carbocycles. The van der Waals surface area contributed by atoms with Gasteiger partial charge < -0.3 is 10.6 Å². The molecule has 0 aromatic carbocycles. The molecule has 1 saturated carbocycles. The fraction of sp³-hybridized carbons (Fsp3) is 1.00. The summed E-state index contributed by atoms with van der Waals surface area (Å²) in [7, 11) is 2.22. The Balaban J connectivity index is 1.63. The van der Waals surface area contributed by atoms with Gasteiger partial charge in [-0.15, -0.1) is 0 Å². The van der Waals surface area contributed by atoms with Gasteiger partial charge in [0.15, 0.2) is 0 Å². The lowest BCUT2D eigenvalue weighted by Gasteiger charge is -2.42. The zero-order valence-corrected chi connectivity index (χ0v) is 11.9. The molecule has 0 spiro atoms. The van der Waals surface area contributed by atoms with Crippen molar-refractivity contribution in [1.82, 2.24) is 14.7 Å². The summed E-state index contributed by atoms with van der Waals surface area (Å²) in [5.41, 5.74) is 5.98. The minimum Gasteiger partial charge on any atom is -0.329 e. The SMILES string of the molecule is CC1CC(N2CCN(C)CC2CN)CN1C1CC1.